The molecule has 1 saturated heterocycles. The molecule has 4 rings (SSSR count). The molecule has 36 heavy (non-hydrogen) atoms. The molecule has 1 fully saturated rings. The van der Waals surface area contributed by atoms with Crippen LogP contribution in [-0.4, -0.2) is 25.0 Å². The lowest BCUT2D eigenvalue weighted by Gasteiger charge is -2.26. The van der Waals surface area contributed by atoms with Crippen LogP contribution in [0.15, 0.2) is 72.3 Å². The first-order valence-electron chi connectivity index (χ1n) is 11.2. The number of barbiturate groups is 1. The summed E-state index contributed by atoms with van der Waals surface area (Å²) in [5.41, 5.74) is 2.99. The number of hydrogen-bond donors (Lipinski definition) is 1. The molecule has 3 aromatic carbocycles. The molecule has 0 atom stereocenters. The normalized spacial score (nSPS) is 14.4. The van der Waals surface area contributed by atoms with E-state index >= 15 is 0 Å². The molecule has 0 unspecified atom stereocenters. The van der Waals surface area contributed by atoms with Crippen molar-refractivity contribution in [1.82, 2.24) is 5.32 Å². The first kappa shape index (κ1) is 24.2. The molecule has 0 aromatic heterocycles. The summed E-state index contributed by atoms with van der Waals surface area (Å²) in [5.74, 6) is -0.690. The smallest absolute Gasteiger partial charge is 0.335 e. The molecule has 8 nitrogen and oxygen atoms in total. The Morgan fingerprint density at radius 3 is 2.44 bits per heavy atom. The minimum Gasteiger partial charge on any atom is -0.493 e. The van der Waals surface area contributed by atoms with Crippen molar-refractivity contribution < 1.29 is 23.9 Å². The van der Waals surface area contributed by atoms with E-state index in [0.717, 1.165) is 22.4 Å². The van der Waals surface area contributed by atoms with Crippen LogP contribution in [0.3, 0.4) is 0 Å². The number of anilines is 1. The van der Waals surface area contributed by atoms with Crippen molar-refractivity contribution >= 4 is 29.6 Å². The summed E-state index contributed by atoms with van der Waals surface area (Å²) in [7, 11) is 1.47. The maximum Gasteiger partial charge on any atom is 0.335 e. The van der Waals surface area contributed by atoms with Gasteiger partial charge in [-0.15, -0.1) is 0 Å². The first-order valence-corrected chi connectivity index (χ1v) is 11.2. The highest BCUT2D eigenvalue weighted by Gasteiger charge is 2.36. The molecule has 1 heterocycles. The van der Waals surface area contributed by atoms with Gasteiger partial charge in [-0.2, -0.15) is 5.26 Å². The van der Waals surface area contributed by atoms with Crippen molar-refractivity contribution in [3.8, 4) is 17.6 Å². The van der Waals surface area contributed by atoms with Gasteiger partial charge in [-0.3, -0.25) is 14.9 Å². The minimum absolute atomic E-state index is 0.162. The Bertz CT molecular complexity index is 1400. The van der Waals surface area contributed by atoms with Crippen molar-refractivity contribution in [2.75, 3.05) is 12.0 Å². The number of nitriles is 1. The van der Waals surface area contributed by atoms with E-state index in [0.29, 0.717) is 28.3 Å². The van der Waals surface area contributed by atoms with Crippen LogP contribution in [0, 0.1) is 11.3 Å². The van der Waals surface area contributed by atoms with Crippen LogP contribution >= 0.6 is 0 Å². The SMILES string of the molecule is CCc1ccc(N2C(=O)NC(=O)/C(=C/c3ccc(OCc4ccccc4C#N)c(OC)c3)C2=O)cc1. The zero-order valence-corrected chi connectivity index (χ0v) is 19.8. The molecule has 0 aliphatic carbocycles. The Morgan fingerprint density at radius 2 is 1.75 bits per heavy atom. The molecule has 0 spiro atoms. The Balaban J connectivity index is 1.59. The van der Waals surface area contributed by atoms with Crippen LogP contribution in [0.4, 0.5) is 10.5 Å². The van der Waals surface area contributed by atoms with Crippen molar-refractivity contribution in [2.45, 2.75) is 20.0 Å². The molecule has 1 N–H and O–H groups in total. The summed E-state index contributed by atoms with van der Waals surface area (Å²) < 4.78 is 11.3. The number of amides is 4. The molecule has 0 bridgehead atoms. The molecule has 3 aromatic rings. The van der Waals surface area contributed by atoms with Crippen LogP contribution in [0.2, 0.25) is 0 Å². The highest BCUT2D eigenvalue weighted by Crippen LogP contribution is 2.31. The topological polar surface area (TPSA) is 109 Å². The van der Waals surface area contributed by atoms with Crippen molar-refractivity contribution in [1.29, 1.82) is 5.26 Å². The van der Waals surface area contributed by atoms with Crippen LogP contribution in [0.25, 0.3) is 6.08 Å². The van der Waals surface area contributed by atoms with E-state index < -0.39 is 17.8 Å². The van der Waals surface area contributed by atoms with Gasteiger partial charge in [-0.25, -0.2) is 9.69 Å². The van der Waals surface area contributed by atoms with E-state index in [9.17, 15) is 19.6 Å². The lowest BCUT2D eigenvalue weighted by atomic mass is 10.1. The highest BCUT2D eigenvalue weighted by atomic mass is 16.5. The van der Waals surface area contributed by atoms with Gasteiger partial charge in [0.05, 0.1) is 24.4 Å². The average molecular weight is 482 g/mol. The molecular weight excluding hydrogens is 458 g/mol. The molecule has 4 amide bonds. The van der Waals surface area contributed by atoms with E-state index in [1.807, 2.05) is 25.1 Å². The molecule has 0 saturated carbocycles. The fourth-order valence-corrected chi connectivity index (χ4v) is 3.74. The third-order valence-electron chi connectivity index (χ3n) is 5.72. The monoisotopic (exact) mass is 481 g/mol. The molecular formula is C28H23N3O5. The fraction of sp³-hybridized carbons (Fsp3) is 0.143. The third-order valence-corrected chi connectivity index (χ3v) is 5.72. The number of methoxy groups -OCH3 is 1. The largest absolute Gasteiger partial charge is 0.493 e. The summed E-state index contributed by atoms with van der Waals surface area (Å²) >= 11 is 0. The third kappa shape index (κ3) is 4.95. The summed E-state index contributed by atoms with van der Waals surface area (Å²) in [6, 6.07) is 20.4. The highest BCUT2D eigenvalue weighted by molar-refractivity contribution is 6.39. The molecule has 1 aliphatic heterocycles. The lowest BCUT2D eigenvalue weighted by molar-refractivity contribution is -0.122. The number of urea groups is 1. The Hall–Kier alpha value is -4.90. The molecule has 1 aliphatic rings. The average Bonchev–Trinajstić information content (AvgIpc) is 2.90. The van der Waals surface area contributed by atoms with Gasteiger partial charge < -0.3 is 9.47 Å². The quantitative estimate of drug-likeness (QED) is 0.396. The van der Waals surface area contributed by atoms with Gasteiger partial charge >= 0.3 is 6.03 Å². The maximum atomic E-state index is 13.1. The summed E-state index contributed by atoms with van der Waals surface area (Å²) in [4.78, 5) is 39.0. The number of hydrogen-bond acceptors (Lipinski definition) is 6. The molecule has 8 heteroatoms. The van der Waals surface area contributed by atoms with Gasteiger partial charge in [0.25, 0.3) is 11.8 Å². The first-order chi connectivity index (χ1) is 17.4. The van der Waals surface area contributed by atoms with Crippen molar-refractivity contribution in [2.24, 2.45) is 0 Å². The number of nitrogens with one attached hydrogen (secondary N) is 1. The standard InChI is InChI=1S/C28H23N3O5/c1-3-18-8-11-22(12-9-18)31-27(33)23(26(32)30-28(31)34)14-19-10-13-24(25(15-19)35-2)36-17-21-7-5-4-6-20(21)16-29/h4-15H,3,17H2,1-2H3,(H,30,32,34)/b23-14-. The predicted octanol–water partition coefficient (Wildman–Crippen LogP) is 4.37. The number of aryl methyl sites for hydroxylation is 1. The van der Waals surface area contributed by atoms with Gasteiger partial charge in [0.15, 0.2) is 11.5 Å². The van der Waals surface area contributed by atoms with E-state index in [1.165, 1.54) is 13.2 Å². The second kappa shape index (κ2) is 10.6. The van der Waals surface area contributed by atoms with Crippen LogP contribution in [0.1, 0.15) is 29.2 Å². The van der Waals surface area contributed by atoms with Crippen molar-refractivity contribution in [3.05, 3.63) is 94.6 Å². The number of carbonyl (C=O) groups is 3. The number of ether oxygens (including phenoxy) is 2. The summed E-state index contributed by atoms with van der Waals surface area (Å²) in [6.45, 7) is 2.17. The fourth-order valence-electron chi connectivity index (χ4n) is 3.74. The maximum absolute atomic E-state index is 13.1. The Morgan fingerprint density at radius 1 is 1.00 bits per heavy atom. The Kier molecular flexibility index (Phi) is 7.12. The Labute approximate surface area is 208 Å². The van der Waals surface area contributed by atoms with E-state index in [2.05, 4.69) is 11.4 Å². The van der Waals surface area contributed by atoms with Gasteiger partial charge in [0.2, 0.25) is 0 Å². The van der Waals surface area contributed by atoms with Gasteiger partial charge in [0, 0.05) is 5.56 Å². The zero-order valence-electron chi connectivity index (χ0n) is 19.8. The minimum atomic E-state index is -0.801. The number of benzene rings is 3. The van der Waals surface area contributed by atoms with Crippen molar-refractivity contribution in [3.63, 3.8) is 0 Å². The van der Waals surface area contributed by atoms with E-state index in [1.54, 1.807) is 48.5 Å². The lowest BCUT2D eigenvalue weighted by Crippen LogP contribution is -2.54. The number of carbonyl (C=O) groups excluding carboxylic acids is 3. The van der Waals surface area contributed by atoms with E-state index in [4.69, 9.17) is 9.47 Å². The molecule has 0 radical (unpaired) electrons. The van der Waals surface area contributed by atoms with Gasteiger partial charge in [-0.1, -0.05) is 43.3 Å². The summed E-state index contributed by atoms with van der Waals surface area (Å²) in [5, 5.41) is 11.5. The molecule has 180 valence electrons. The van der Waals surface area contributed by atoms with Gasteiger partial charge in [-0.05, 0) is 54.0 Å². The number of nitrogens with zero attached hydrogens (tertiary/aromatic N) is 2. The number of imide groups is 2. The van der Waals surface area contributed by atoms with Crippen LogP contribution < -0.4 is 19.7 Å². The predicted molar refractivity (Wildman–Crippen MR) is 133 cm³/mol. The second-order valence-electron chi connectivity index (χ2n) is 7.95. The second-order valence-corrected chi connectivity index (χ2v) is 7.95. The van der Waals surface area contributed by atoms with Gasteiger partial charge in [0.1, 0.15) is 12.2 Å². The van der Waals surface area contributed by atoms with Crippen LogP contribution in [-0.2, 0) is 22.6 Å². The number of rotatable bonds is 7. The van der Waals surface area contributed by atoms with Crippen LogP contribution in [0.5, 0.6) is 11.5 Å². The van der Waals surface area contributed by atoms with E-state index in [-0.39, 0.29) is 12.2 Å². The zero-order chi connectivity index (χ0) is 25.7. The summed E-state index contributed by atoms with van der Waals surface area (Å²) in [6.07, 6.45) is 2.21.